The monoisotopic (exact) mass is 302 g/mol. The van der Waals surface area contributed by atoms with Gasteiger partial charge in [0.05, 0.1) is 7.11 Å². The molecule has 3 aromatic carbocycles. The van der Waals surface area contributed by atoms with Crippen LogP contribution >= 0.6 is 0 Å². The molecule has 116 valence electrons. The number of aryl methyl sites for hydroxylation is 1. The number of rotatable bonds is 5. The Balaban J connectivity index is 2.01. The number of fused-ring (bicyclic) bond motifs is 1. The molecule has 0 aromatic heterocycles. The van der Waals surface area contributed by atoms with Crippen molar-refractivity contribution in [3.05, 3.63) is 77.4 Å². The van der Waals surface area contributed by atoms with Gasteiger partial charge in [0.1, 0.15) is 5.75 Å². The van der Waals surface area contributed by atoms with Crippen LogP contribution in [0.25, 0.3) is 22.9 Å². The first-order valence-corrected chi connectivity index (χ1v) is 8.14. The van der Waals surface area contributed by atoms with Crippen molar-refractivity contribution in [1.29, 1.82) is 0 Å². The van der Waals surface area contributed by atoms with Crippen LogP contribution in [0.4, 0.5) is 0 Å². The standard InChI is InChI=1S/C22H22O/c1-3-7-17-8-6-9-18(16-17)12-14-21-20-11-5-4-10-19(20)13-15-22(21)23-2/h4-6,8-16H,3,7H2,1-2H3/b14-12-. The lowest BCUT2D eigenvalue weighted by Gasteiger charge is -2.09. The van der Waals surface area contributed by atoms with E-state index in [1.807, 2.05) is 6.07 Å². The fraction of sp³-hybridized carbons (Fsp3) is 0.182. The van der Waals surface area contributed by atoms with Crippen molar-refractivity contribution in [3.8, 4) is 5.75 Å². The molecule has 0 aliphatic rings. The number of ether oxygens (including phenoxy) is 1. The first-order chi connectivity index (χ1) is 11.3. The summed E-state index contributed by atoms with van der Waals surface area (Å²) < 4.78 is 5.55. The Hall–Kier alpha value is -2.54. The van der Waals surface area contributed by atoms with Crippen LogP contribution in [0.3, 0.4) is 0 Å². The Labute approximate surface area is 138 Å². The van der Waals surface area contributed by atoms with Crippen LogP contribution in [-0.4, -0.2) is 7.11 Å². The summed E-state index contributed by atoms with van der Waals surface area (Å²) >= 11 is 0. The van der Waals surface area contributed by atoms with Crippen LogP contribution in [0.2, 0.25) is 0 Å². The lowest BCUT2D eigenvalue weighted by molar-refractivity contribution is 0.414. The van der Waals surface area contributed by atoms with Crippen LogP contribution in [0.1, 0.15) is 30.0 Å². The maximum absolute atomic E-state index is 5.55. The Morgan fingerprint density at radius 2 is 1.78 bits per heavy atom. The van der Waals surface area contributed by atoms with Crippen LogP contribution < -0.4 is 4.74 Å². The van der Waals surface area contributed by atoms with E-state index in [1.165, 1.54) is 28.3 Å². The Morgan fingerprint density at radius 3 is 2.61 bits per heavy atom. The summed E-state index contributed by atoms with van der Waals surface area (Å²) in [5.41, 5.74) is 3.75. The quantitative estimate of drug-likeness (QED) is 0.527. The second-order valence-electron chi connectivity index (χ2n) is 5.73. The van der Waals surface area contributed by atoms with Gasteiger partial charge in [0.15, 0.2) is 0 Å². The Morgan fingerprint density at radius 1 is 0.913 bits per heavy atom. The lowest BCUT2D eigenvalue weighted by atomic mass is 10.0. The van der Waals surface area contributed by atoms with E-state index in [9.17, 15) is 0 Å². The second kappa shape index (κ2) is 7.15. The van der Waals surface area contributed by atoms with Crippen molar-refractivity contribution in [3.63, 3.8) is 0 Å². The fourth-order valence-corrected chi connectivity index (χ4v) is 2.95. The number of benzene rings is 3. The zero-order valence-corrected chi connectivity index (χ0v) is 13.8. The molecular formula is C22H22O. The van der Waals surface area contributed by atoms with Crippen molar-refractivity contribution in [1.82, 2.24) is 0 Å². The molecule has 0 radical (unpaired) electrons. The molecule has 0 N–H and O–H groups in total. The van der Waals surface area contributed by atoms with Gasteiger partial charge >= 0.3 is 0 Å². The van der Waals surface area contributed by atoms with Gasteiger partial charge in [-0.1, -0.05) is 80.1 Å². The third kappa shape index (κ3) is 3.45. The van der Waals surface area contributed by atoms with Crippen LogP contribution in [0, 0.1) is 0 Å². The predicted octanol–water partition coefficient (Wildman–Crippen LogP) is 5.97. The van der Waals surface area contributed by atoms with Gasteiger partial charge in [-0.05, 0) is 34.4 Å². The van der Waals surface area contributed by atoms with E-state index in [-0.39, 0.29) is 0 Å². The highest BCUT2D eigenvalue weighted by Crippen LogP contribution is 2.29. The Kier molecular flexibility index (Phi) is 4.77. The smallest absolute Gasteiger partial charge is 0.126 e. The van der Waals surface area contributed by atoms with E-state index in [4.69, 9.17) is 4.74 Å². The lowest BCUT2D eigenvalue weighted by Crippen LogP contribution is -1.88. The number of hydrogen-bond acceptors (Lipinski definition) is 1. The van der Waals surface area contributed by atoms with Crippen molar-refractivity contribution >= 4 is 22.9 Å². The number of hydrogen-bond donors (Lipinski definition) is 0. The van der Waals surface area contributed by atoms with Crippen LogP contribution in [-0.2, 0) is 6.42 Å². The minimum Gasteiger partial charge on any atom is -0.496 e. The van der Waals surface area contributed by atoms with Crippen molar-refractivity contribution in [2.24, 2.45) is 0 Å². The molecule has 0 fully saturated rings. The minimum atomic E-state index is 0.907. The van der Waals surface area contributed by atoms with Crippen LogP contribution in [0.5, 0.6) is 5.75 Å². The maximum atomic E-state index is 5.55. The summed E-state index contributed by atoms with van der Waals surface area (Å²) in [5.74, 6) is 0.907. The van der Waals surface area contributed by atoms with Crippen LogP contribution in [0.15, 0.2) is 60.7 Å². The highest BCUT2D eigenvalue weighted by Gasteiger charge is 2.05. The maximum Gasteiger partial charge on any atom is 0.126 e. The van der Waals surface area contributed by atoms with E-state index >= 15 is 0 Å². The van der Waals surface area contributed by atoms with E-state index in [1.54, 1.807) is 7.11 Å². The molecule has 0 heterocycles. The molecule has 0 bridgehead atoms. The first kappa shape index (κ1) is 15.4. The van der Waals surface area contributed by atoms with Gasteiger partial charge < -0.3 is 4.74 Å². The summed E-state index contributed by atoms with van der Waals surface area (Å²) in [5, 5.41) is 2.44. The average molecular weight is 302 g/mol. The van der Waals surface area contributed by atoms with Gasteiger partial charge in [0, 0.05) is 5.56 Å². The minimum absolute atomic E-state index is 0.907. The molecule has 1 nitrogen and oxygen atoms in total. The summed E-state index contributed by atoms with van der Waals surface area (Å²) in [6, 6.07) is 21.3. The zero-order valence-electron chi connectivity index (χ0n) is 13.8. The van der Waals surface area contributed by atoms with E-state index in [2.05, 4.69) is 73.7 Å². The molecule has 0 aliphatic heterocycles. The largest absolute Gasteiger partial charge is 0.496 e. The normalized spacial score (nSPS) is 11.2. The molecule has 0 aliphatic carbocycles. The first-order valence-electron chi connectivity index (χ1n) is 8.14. The number of methoxy groups -OCH3 is 1. The van der Waals surface area contributed by atoms with Crippen molar-refractivity contribution < 1.29 is 4.74 Å². The van der Waals surface area contributed by atoms with Gasteiger partial charge in [-0.15, -0.1) is 0 Å². The molecule has 0 spiro atoms. The van der Waals surface area contributed by atoms with Gasteiger partial charge in [-0.2, -0.15) is 0 Å². The van der Waals surface area contributed by atoms with Crippen molar-refractivity contribution in [2.75, 3.05) is 7.11 Å². The highest BCUT2D eigenvalue weighted by molar-refractivity contribution is 5.95. The van der Waals surface area contributed by atoms with E-state index < -0.39 is 0 Å². The Bertz CT molecular complexity index is 830. The molecule has 3 rings (SSSR count). The van der Waals surface area contributed by atoms with E-state index in [0.29, 0.717) is 0 Å². The third-order valence-electron chi connectivity index (χ3n) is 4.08. The third-order valence-corrected chi connectivity index (χ3v) is 4.08. The highest BCUT2D eigenvalue weighted by atomic mass is 16.5. The van der Waals surface area contributed by atoms with Gasteiger partial charge in [0.25, 0.3) is 0 Å². The molecule has 0 atom stereocenters. The average Bonchev–Trinajstić information content (AvgIpc) is 2.60. The second-order valence-corrected chi connectivity index (χ2v) is 5.73. The summed E-state index contributed by atoms with van der Waals surface area (Å²) in [6.07, 6.45) is 6.62. The SMILES string of the molecule is CCCc1cccc(/C=C\c2c(OC)ccc3ccccc23)c1. The molecule has 0 saturated heterocycles. The van der Waals surface area contributed by atoms with E-state index in [0.717, 1.165) is 17.7 Å². The van der Waals surface area contributed by atoms with Crippen molar-refractivity contribution in [2.45, 2.75) is 19.8 Å². The molecular weight excluding hydrogens is 280 g/mol. The molecule has 3 aromatic rings. The summed E-state index contributed by atoms with van der Waals surface area (Å²) in [6.45, 7) is 2.21. The summed E-state index contributed by atoms with van der Waals surface area (Å²) in [4.78, 5) is 0. The van der Waals surface area contributed by atoms with Gasteiger partial charge in [-0.25, -0.2) is 0 Å². The topological polar surface area (TPSA) is 9.23 Å². The molecule has 0 amide bonds. The molecule has 0 saturated carbocycles. The molecule has 23 heavy (non-hydrogen) atoms. The van der Waals surface area contributed by atoms with Gasteiger partial charge in [0.2, 0.25) is 0 Å². The molecule has 0 unspecified atom stereocenters. The zero-order chi connectivity index (χ0) is 16.1. The van der Waals surface area contributed by atoms with Gasteiger partial charge in [-0.3, -0.25) is 0 Å². The predicted molar refractivity (Wildman–Crippen MR) is 99.9 cm³/mol. The molecule has 1 heteroatoms. The summed E-state index contributed by atoms with van der Waals surface area (Å²) in [7, 11) is 1.73. The fourth-order valence-electron chi connectivity index (χ4n) is 2.95.